The number of rotatable bonds is 6. The second-order valence-corrected chi connectivity index (χ2v) is 9.42. The standard InChI is InChI=1S/C27H23ClFN5O3/c1-16(2)30-24(35)18-11-12-19-23(13-18)34-26(32(25(19)36)14-17-7-4-3-5-8-17)31-33(27(34)37)15-20-21(28)9-6-10-22(20)29/h3-13,16H,14-15H2,1-2H3,(H,30,35). The van der Waals surface area contributed by atoms with E-state index in [1.807, 2.05) is 44.2 Å². The minimum Gasteiger partial charge on any atom is -0.350 e. The molecule has 0 aliphatic heterocycles. The van der Waals surface area contributed by atoms with Crippen molar-refractivity contribution in [1.29, 1.82) is 0 Å². The number of nitrogens with one attached hydrogen (secondary N) is 1. The van der Waals surface area contributed by atoms with Crippen LogP contribution in [0.25, 0.3) is 16.7 Å². The van der Waals surface area contributed by atoms with Gasteiger partial charge in [-0.2, -0.15) is 0 Å². The summed E-state index contributed by atoms with van der Waals surface area (Å²) in [4.78, 5) is 39.9. The molecule has 0 aliphatic carbocycles. The van der Waals surface area contributed by atoms with Crippen molar-refractivity contribution in [2.24, 2.45) is 0 Å². The summed E-state index contributed by atoms with van der Waals surface area (Å²) in [5.41, 5.74) is 0.493. The lowest BCUT2D eigenvalue weighted by molar-refractivity contribution is 0.0943. The summed E-state index contributed by atoms with van der Waals surface area (Å²) >= 11 is 6.20. The summed E-state index contributed by atoms with van der Waals surface area (Å²) in [5, 5.41) is 7.63. The highest BCUT2D eigenvalue weighted by molar-refractivity contribution is 6.31. The van der Waals surface area contributed by atoms with Crippen molar-refractivity contribution in [3.63, 3.8) is 0 Å². The molecule has 0 atom stereocenters. The molecule has 10 heteroatoms. The van der Waals surface area contributed by atoms with Crippen LogP contribution in [0.4, 0.5) is 4.39 Å². The fraction of sp³-hybridized carbons (Fsp3) is 0.185. The zero-order chi connectivity index (χ0) is 26.3. The molecule has 0 unspecified atom stereocenters. The molecule has 0 saturated carbocycles. The lowest BCUT2D eigenvalue weighted by atomic mass is 10.1. The largest absolute Gasteiger partial charge is 0.352 e. The van der Waals surface area contributed by atoms with Crippen LogP contribution in [0.5, 0.6) is 0 Å². The van der Waals surface area contributed by atoms with Crippen LogP contribution in [0, 0.1) is 5.82 Å². The summed E-state index contributed by atoms with van der Waals surface area (Å²) in [6, 6.07) is 18.0. The molecule has 2 heterocycles. The highest BCUT2D eigenvalue weighted by Gasteiger charge is 2.20. The predicted octanol–water partition coefficient (Wildman–Crippen LogP) is 3.84. The Hall–Kier alpha value is -4.24. The molecule has 0 spiro atoms. The first kappa shape index (κ1) is 24.5. The zero-order valence-corrected chi connectivity index (χ0v) is 20.9. The average Bonchev–Trinajstić information content (AvgIpc) is 3.19. The number of benzene rings is 3. The third kappa shape index (κ3) is 4.53. The number of fused-ring (bicyclic) bond motifs is 3. The van der Waals surface area contributed by atoms with E-state index in [2.05, 4.69) is 10.4 Å². The normalized spacial score (nSPS) is 11.5. The van der Waals surface area contributed by atoms with Gasteiger partial charge in [-0.05, 0) is 49.7 Å². The molecule has 0 aliphatic rings. The number of hydrogen-bond acceptors (Lipinski definition) is 4. The van der Waals surface area contributed by atoms with Gasteiger partial charge in [-0.25, -0.2) is 18.3 Å². The van der Waals surface area contributed by atoms with Crippen LogP contribution in [0.15, 0.2) is 76.3 Å². The lowest BCUT2D eigenvalue weighted by Crippen LogP contribution is -2.30. The van der Waals surface area contributed by atoms with Gasteiger partial charge >= 0.3 is 5.69 Å². The lowest BCUT2D eigenvalue weighted by Gasteiger charge is -2.12. The van der Waals surface area contributed by atoms with Crippen molar-refractivity contribution in [2.75, 3.05) is 0 Å². The second kappa shape index (κ2) is 9.67. The Morgan fingerprint density at radius 1 is 1.03 bits per heavy atom. The van der Waals surface area contributed by atoms with Gasteiger partial charge in [0.1, 0.15) is 5.82 Å². The fourth-order valence-electron chi connectivity index (χ4n) is 4.25. The fourth-order valence-corrected chi connectivity index (χ4v) is 4.47. The number of carbonyl (C=O) groups is 1. The van der Waals surface area contributed by atoms with E-state index >= 15 is 0 Å². The molecule has 1 N–H and O–H groups in total. The van der Waals surface area contributed by atoms with Crippen LogP contribution >= 0.6 is 11.6 Å². The average molecular weight is 520 g/mol. The van der Waals surface area contributed by atoms with E-state index in [9.17, 15) is 18.8 Å². The summed E-state index contributed by atoms with van der Waals surface area (Å²) in [6.07, 6.45) is 0. The van der Waals surface area contributed by atoms with Gasteiger partial charge in [-0.3, -0.25) is 14.2 Å². The maximum absolute atomic E-state index is 14.5. The van der Waals surface area contributed by atoms with Crippen LogP contribution in [-0.4, -0.2) is 30.7 Å². The number of halogens is 2. The topological polar surface area (TPSA) is 90.4 Å². The number of carbonyl (C=O) groups excluding carboxylic acids is 1. The summed E-state index contributed by atoms with van der Waals surface area (Å²) in [5.74, 6) is -0.840. The highest BCUT2D eigenvalue weighted by Crippen LogP contribution is 2.20. The Bertz CT molecular complexity index is 1750. The van der Waals surface area contributed by atoms with E-state index in [4.69, 9.17) is 11.6 Å². The van der Waals surface area contributed by atoms with E-state index in [0.29, 0.717) is 5.56 Å². The van der Waals surface area contributed by atoms with E-state index in [1.165, 1.54) is 39.3 Å². The third-order valence-electron chi connectivity index (χ3n) is 6.01. The van der Waals surface area contributed by atoms with Gasteiger partial charge in [-0.15, -0.1) is 5.10 Å². The van der Waals surface area contributed by atoms with E-state index in [1.54, 1.807) is 6.07 Å². The number of hydrogen-bond donors (Lipinski definition) is 1. The molecule has 0 fully saturated rings. The van der Waals surface area contributed by atoms with Crippen molar-refractivity contribution in [1.82, 2.24) is 24.1 Å². The van der Waals surface area contributed by atoms with Crippen molar-refractivity contribution in [2.45, 2.75) is 33.0 Å². The van der Waals surface area contributed by atoms with Crippen LogP contribution in [0.1, 0.15) is 35.3 Å². The first-order valence-electron chi connectivity index (χ1n) is 11.7. The zero-order valence-electron chi connectivity index (χ0n) is 20.1. The molecule has 5 rings (SSSR count). The van der Waals surface area contributed by atoms with Gasteiger partial charge in [0, 0.05) is 22.2 Å². The van der Waals surface area contributed by atoms with Crippen molar-refractivity contribution in [3.8, 4) is 0 Å². The first-order chi connectivity index (χ1) is 17.7. The minimum absolute atomic E-state index is 0.0697. The van der Waals surface area contributed by atoms with E-state index < -0.39 is 11.5 Å². The summed E-state index contributed by atoms with van der Waals surface area (Å²) in [7, 11) is 0. The predicted molar refractivity (Wildman–Crippen MR) is 140 cm³/mol. The molecular formula is C27H23ClFN5O3. The molecule has 37 heavy (non-hydrogen) atoms. The third-order valence-corrected chi connectivity index (χ3v) is 6.37. The van der Waals surface area contributed by atoms with Crippen LogP contribution < -0.4 is 16.6 Å². The maximum atomic E-state index is 14.5. The molecule has 0 bridgehead atoms. The molecule has 0 radical (unpaired) electrons. The Labute approximate surface area is 215 Å². The maximum Gasteiger partial charge on any atom is 0.352 e. The van der Waals surface area contributed by atoms with Gasteiger partial charge in [0.2, 0.25) is 5.78 Å². The van der Waals surface area contributed by atoms with Crippen molar-refractivity contribution >= 4 is 34.2 Å². The monoisotopic (exact) mass is 519 g/mol. The highest BCUT2D eigenvalue weighted by atomic mass is 35.5. The van der Waals surface area contributed by atoms with Crippen molar-refractivity contribution < 1.29 is 9.18 Å². The molecule has 8 nitrogen and oxygen atoms in total. The number of aromatic nitrogens is 4. The minimum atomic E-state index is -0.595. The Kier molecular flexibility index (Phi) is 6.39. The molecule has 188 valence electrons. The van der Waals surface area contributed by atoms with E-state index in [0.717, 1.165) is 10.2 Å². The second-order valence-electron chi connectivity index (χ2n) is 9.01. The number of amides is 1. The van der Waals surface area contributed by atoms with Gasteiger partial charge < -0.3 is 5.32 Å². The van der Waals surface area contributed by atoms with Crippen LogP contribution in [0.2, 0.25) is 5.02 Å². The molecule has 2 aromatic heterocycles. The Balaban J connectivity index is 1.78. The Morgan fingerprint density at radius 3 is 2.49 bits per heavy atom. The number of nitrogens with zero attached hydrogens (tertiary/aromatic N) is 4. The molecule has 3 aromatic carbocycles. The van der Waals surface area contributed by atoms with Crippen molar-refractivity contribution in [3.05, 3.63) is 115 Å². The van der Waals surface area contributed by atoms with Gasteiger partial charge in [-0.1, -0.05) is 48.0 Å². The molecule has 0 saturated heterocycles. The van der Waals surface area contributed by atoms with E-state index in [-0.39, 0.29) is 57.9 Å². The Morgan fingerprint density at radius 2 is 1.78 bits per heavy atom. The van der Waals surface area contributed by atoms with Gasteiger partial charge in [0.25, 0.3) is 11.5 Å². The summed E-state index contributed by atoms with van der Waals surface area (Å²) < 4.78 is 18.3. The molecule has 1 amide bonds. The smallest absolute Gasteiger partial charge is 0.350 e. The van der Waals surface area contributed by atoms with Crippen LogP contribution in [0.3, 0.4) is 0 Å². The molecule has 5 aromatic rings. The quantitative estimate of drug-likeness (QED) is 0.369. The van der Waals surface area contributed by atoms with Gasteiger partial charge in [0.05, 0.1) is 24.0 Å². The summed E-state index contributed by atoms with van der Waals surface area (Å²) in [6.45, 7) is 3.59. The van der Waals surface area contributed by atoms with Crippen LogP contribution in [-0.2, 0) is 13.1 Å². The first-order valence-corrected chi connectivity index (χ1v) is 12.1. The SMILES string of the molecule is CC(C)NC(=O)c1ccc2c(=O)n(Cc3ccccc3)c3nn(Cc4c(F)cccc4Cl)c(=O)n3c2c1. The van der Waals surface area contributed by atoms with Gasteiger partial charge in [0.15, 0.2) is 0 Å². The molecular weight excluding hydrogens is 497 g/mol.